The van der Waals surface area contributed by atoms with E-state index in [1.54, 1.807) is 6.08 Å². The van der Waals surface area contributed by atoms with Crippen molar-refractivity contribution in [2.24, 2.45) is 0 Å². The number of carbonyl (C=O) groups excluding carboxylic acids is 1. The molecule has 1 aromatic carbocycles. The van der Waals surface area contributed by atoms with Gasteiger partial charge in [-0.15, -0.1) is 0 Å². The number of hydrogen-bond donors (Lipinski definition) is 1. The van der Waals surface area contributed by atoms with Crippen molar-refractivity contribution in [1.29, 1.82) is 0 Å². The lowest BCUT2D eigenvalue weighted by Crippen LogP contribution is -2.21. The summed E-state index contributed by atoms with van der Waals surface area (Å²) in [5, 5.41) is 7.52. The molecule has 1 N–H and O–H groups in total. The van der Waals surface area contributed by atoms with Gasteiger partial charge in [0.15, 0.2) is 0 Å². The Morgan fingerprint density at radius 3 is 2.71 bits per heavy atom. The first-order chi connectivity index (χ1) is 11.6. The quantitative estimate of drug-likeness (QED) is 0.796. The van der Waals surface area contributed by atoms with Crippen LogP contribution in [0.25, 0.3) is 5.69 Å². The number of carbonyl (C=O) groups is 1. The van der Waals surface area contributed by atoms with Gasteiger partial charge in [0.25, 0.3) is 0 Å². The molecule has 126 valence electrons. The second-order valence-corrected chi connectivity index (χ2v) is 6.51. The van der Waals surface area contributed by atoms with E-state index in [0.717, 1.165) is 17.8 Å². The minimum Gasteiger partial charge on any atom is -0.348 e. The summed E-state index contributed by atoms with van der Waals surface area (Å²) in [7, 11) is 3.94. The minimum absolute atomic E-state index is 0.0675. The van der Waals surface area contributed by atoms with E-state index in [1.165, 1.54) is 18.5 Å². The van der Waals surface area contributed by atoms with Crippen LogP contribution in [0.15, 0.2) is 48.7 Å². The first kappa shape index (κ1) is 16.5. The van der Waals surface area contributed by atoms with Crippen molar-refractivity contribution in [3.05, 3.63) is 59.9 Å². The van der Waals surface area contributed by atoms with Crippen LogP contribution in [-0.2, 0) is 11.3 Å². The van der Waals surface area contributed by atoms with Crippen molar-refractivity contribution in [3.63, 3.8) is 0 Å². The summed E-state index contributed by atoms with van der Waals surface area (Å²) in [5.74, 6) is 0.600. The molecule has 1 aliphatic rings. The molecule has 3 rings (SSSR count). The third-order valence-corrected chi connectivity index (χ3v) is 4.01. The van der Waals surface area contributed by atoms with Gasteiger partial charge in [-0.05, 0) is 50.7 Å². The Hall–Kier alpha value is -2.40. The van der Waals surface area contributed by atoms with E-state index in [2.05, 4.69) is 16.5 Å². The van der Waals surface area contributed by atoms with E-state index in [0.29, 0.717) is 12.5 Å². The van der Waals surface area contributed by atoms with E-state index in [-0.39, 0.29) is 5.91 Å². The van der Waals surface area contributed by atoms with Crippen LogP contribution >= 0.6 is 0 Å². The van der Waals surface area contributed by atoms with E-state index < -0.39 is 0 Å². The van der Waals surface area contributed by atoms with Crippen LogP contribution < -0.4 is 5.32 Å². The summed E-state index contributed by atoms with van der Waals surface area (Å²) in [6.07, 6.45) is 7.97. The maximum Gasteiger partial charge on any atom is 0.243 e. The van der Waals surface area contributed by atoms with Gasteiger partial charge < -0.3 is 10.2 Å². The Balaban J connectivity index is 1.52. The lowest BCUT2D eigenvalue weighted by atomic mass is 10.2. The second-order valence-electron chi connectivity index (χ2n) is 6.51. The molecule has 1 aliphatic carbocycles. The number of benzene rings is 1. The zero-order chi connectivity index (χ0) is 16.9. The Morgan fingerprint density at radius 1 is 1.29 bits per heavy atom. The number of amides is 1. The topological polar surface area (TPSA) is 50.2 Å². The smallest absolute Gasteiger partial charge is 0.243 e. The number of rotatable bonds is 7. The highest BCUT2D eigenvalue weighted by Crippen LogP contribution is 2.39. The first-order valence-electron chi connectivity index (χ1n) is 8.36. The van der Waals surface area contributed by atoms with Gasteiger partial charge in [-0.3, -0.25) is 4.79 Å². The molecule has 0 saturated heterocycles. The standard InChI is InChI=1S/C19H24N4O/c1-22(2)12-3-4-19(24)20-14-15-5-9-17(10-6-15)23-13-11-18(21-23)16-7-8-16/h3-6,9-11,13,16H,7-8,12,14H2,1-2H3,(H,20,24)/b4-3+. The number of aromatic nitrogens is 2. The van der Waals surface area contributed by atoms with Gasteiger partial charge in [-0.1, -0.05) is 18.2 Å². The molecule has 0 aliphatic heterocycles. The van der Waals surface area contributed by atoms with Crippen LogP contribution in [0.5, 0.6) is 0 Å². The molecule has 5 nitrogen and oxygen atoms in total. The fourth-order valence-corrected chi connectivity index (χ4v) is 2.46. The highest BCUT2D eigenvalue weighted by atomic mass is 16.1. The van der Waals surface area contributed by atoms with Gasteiger partial charge >= 0.3 is 0 Å². The third-order valence-electron chi connectivity index (χ3n) is 4.01. The molecule has 0 atom stereocenters. The molecule has 1 amide bonds. The number of nitrogens with zero attached hydrogens (tertiary/aromatic N) is 3. The largest absolute Gasteiger partial charge is 0.348 e. The van der Waals surface area contributed by atoms with Crippen molar-refractivity contribution in [3.8, 4) is 5.69 Å². The molecule has 5 heteroatoms. The van der Waals surface area contributed by atoms with Crippen molar-refractivity contribution in [1.82, 2.24) is 20.0 Å². The molecule has 0 spiro atoms. The molecule has 0 bridgehead atoms. The normalized spacial score (nSPS) is 14.5. The summed E-state index contributed by atoms with van der Waals surface area (Å²) in [6.45, 7) is 1.28. The number of hydrogen-bond acceptors (Lipinski definition) is 3. The Labute approximate surface area is 143 Å². The molecular weight excluding hydrogens is 300 g/mol. The maximum absolute atomic E-state index is 11.7. The number of likely N-dealkylation sites (N-methyl/N-ethyl adjacent to an activating group) is 1. The van der Waals surface area contributed by atoms with Gasteiger partial charge in [-0.25, -0.2) is 4.68 Å². The van der Waals surface area contributed by atoms with Crippen LogP contribution in [0.2, 0.25) is 0 Å². The van der Waals surface area contributed by atoms with Gasteiger partial charge in [0.1, 0.15) is 0 Å². The van der Waals surface area contributed by atoms with E-state index in [4.69, 9.17) is 0 Å². The van der Waals surface area contributed by atoms with E-state index in [9.17, 15) is 4.79 Å². The first-order valence-corrected chi connectivity index (χ1v) is 8.36. The molecule has 1 aromatic heterocycles. The number of nitrogens with one attached hydrogen (secondary N) is 1. The second kappa shape index (κ2) is 7.45. The Morgan fingerprint density at radius 2 is 2.04 bits per heavy atom. The van der Waals surface area contributed by atoms with Gasteiger partial charge in [0.2, 0.25) is 5.91 Å². The Bertz CT molecular complexity index is 711. The highest BCUT2D eigenvalue weighted by molar-refractivity contribution is 5.87. The van der Waals surface area contributed by atoms with Crippen LogP contribution in [0, 0.1) is 0 Å². The summed E-state index contributed by atoms with van der Waals surface area (Å²) < 4.78 is 1.92. The predicted molar refractivity (Wildman–Crippen MR) is 95.1 cm³/mol. The van der Waals surface area contributed by atoms with Crippen molar-refractivity contribution < 1.29 is 4.79 Å². The molecule has 0 unspecified atom stereocenters. The SMILES string of the molecule is CN(C)C/C=C/C(=O)NCc1ccc(-n2ccc(C3CC3)n2)cc1. The molecule has 24 heavy (non-hydrogen) atoms. The summed E-state index contributed by atoms with van der Waals surface area (Å²) in [4.78, 5) is 13.7. The van der Waals surface area contributed by atoms with Gasteiger partial charge in [-0.2, -0.15) is 5.10 Å². The maximum atomic E-state index is 11.7. The van der Waals surface area contributed by atoms with Crippen LogP contribution in [0.3, 0.4) is 0 Å². The molecule has 2 aromatic rings. The monoisotopic (exact) mass is 324 g/mol. The fraction of sp³-hybridized carbons (Fsp3) is 0.368. The zero-order valence-electron chi connectivity index (χ0n) is 14.3. The molecule has 1 heterocycles. The van der Waals surface area contributed by atoms with Crippen LogP contribution in [-0.4, -0.2) is 41.2 Å². The highest BCUT2D eigenvalue weighted by Gasteiger charge is 2.25. The van der Waals surface area contributed by atoms with Gasteiger partial charge in [0, 0.05) is 31.3 Å². The predicted octanol–water partition coefficient (Wildman–Crippen LogP) is 2.48. The average molecular weight is 324 g/mol. The summed E-state index contributed by atoms with van der Waals surface area (Å²) >= 11 is 0. The molecule has 1 saturated carbocycles. The third kappa shape index (κ3) is 4.55. The van der Waals surface area contributed by atoms with Crippen LogP contribution in [0.4, 0.5) is 0 Å². The van der Waals surface area contributed by atoms with E-state index in [1.807, 2.05) is 60.2 Å². The Kier molecular flexibility index (Phi) is 5.11. The van der Waals surface area contributed by atoms with Crippen molar-refractivity contribution in [2.75, 3.05) is 20.6 Å². The lowest BCUT2D eigenvalue weighted by Gasteiger charge is -2.06. The summed E-state index contributed by atoms with van der Waals surface area (Å²) in [6, 6.07) is 10.2. The van der Waals surface area contributed by atoms with E-state index >= 15 is 0 Å². The lowest BCUT2D eigenvalue weighted by molar-refractivity contribution is -0.116. The van der Waals surface area contributed by atoms with Gasteiger partial charge in [0.05, 0.1) is 11.4 Å². The fourth-order valence-electron chi connectivity index (χ4n) is 2.46. The van der Waals surface area contributed by atoms with Crippen LogP contribution in [0.1, 0.15) is 30.0 Å². The van der Waals surface area contributed by atoms with Crippen molar-refractivity contribution in [2.45, 2.75) is 25.3 Å². The molecule has 0 radical (unpaired) electrons. The molecular formula is C19H24N4O. The molecule has 1 fully saturated rings. The van der Waals surface area contributed by atoms with Crippen molar-refractivity contribution >= 4 is 5.91 Å². The minimum atomic E-state index is -0.0675. The zero-order valence-corrected chi connectivity index (χ0v) is 14.3. The summed E-state index contributed by atoms with van der Waals surface area (Å²) in [5.41, 5.74) is 3.31. The average Bonchev–Trinajstić information content (AvgIpc) is 3.30.